The number of pyridine rings is 1. The van der Waals surface area contributed by atoms with Crippen molar-refractivity contribution in [2.45, 2.75) is 38.8 Å². The van der Waals surface area contributed by atoms with E-state index in [2.05, 4.69) is 15.0 Å². The predicted octanol–water partition coefficient (Wildman–Crippen LogP) is 3.92. The molecule has 27 heavy (non-hydrogen) atoms. The van der Waals surface area contributed by atoms with Crippen LogP contribution in [0.5, 0.6) is 0 Å². The monoisotopic (exact) mass is 415 g/mol. The molecule has 1 saturated heterocycles. The van der Waals surface area contributed by atoms with Gasteiger partial charge in [-0.1, -0.05) is 11.6 Å². The molecule has 1 atom stereocenters. The maximum absolute atomic E-state index is 14.3. The number of aromatic nitrogens is 3. The summed E-state index contributed by atoms with van der Waals surface area (Å²) in [6, 6.07) is -0.0366. The third-order valence-corrected chi connectivity index (χ3v) is 4.72. The van der Waals surface area contributed by atoms with Gasteiger partial charge >= 0.3 is 6.09 Å². The molecule has 3 heterocycles. The highest BCUT2D eigenvalue weighted by molar-refractivity contribution is 6.30. The van der Waals surface area contributed by atoms with E-state index in [0.717, 1.165) is 0 Å². The zero-order valence-corrected chi connectivity index (χ0v) is 17.0. The number of carbonyl (C=O) groups is 1. The Morgan fingerprint density at radius 2 is 2.07 bits per heavy atom. The van der Waals surface area contributed by atoms with Gasteiger partial charge in [0.05, 0.1) is 5.39 Å². The van der Waals surface area contributed by atoms with Gasteiger partial charge in [0.15, 0.2) is 11.0 Å². The summed E-state index contributed by atoms with van der Waals surface area (Å²) in [7, 11) is 1.81. The first-order valence-electron chi connectivity index (χ1n) is 8.45. The molecule has 7 nitrogen and oxygen atoms in total. The molecule has 0 saturated carbocycles. The van der Waals surface area contributed by atoms with Gasteiger partial charge in [-0.15, -0.1) is 0 Å². The third kappa shape index (κ3) is 4.16. The summed E-state index contributed by atoms with van der Waals surface area (Å²) in [4.78, 5) is 27.8. The Morgan fingerprint density at radius 3 is 2.74 bits per heavy atom. The molecule has 3 rings (SSSR count). The van der Waals surface area contributed by atoms with Gasteiger partial charge in [0, 0.05) is 32.4 Å². The molecule has 2 aromatic heterocycles. The Hall–Kier alpha value is -1.93. The van der Waals surface area contributed by atoms with E-state index in [9.17, 15) is 9.18 Å². The maximum Gasteiger partial charge on any atom is 0.410 e. The molecule has 1 unspecified atom stereocenters. The Morgan fingerprint density at radius 1 is 1.37 bits per heavy atom. The molecule has 0 bridgehead atoms. The minimum atomic E-state index is -0.741. The van der Waals surface area contributed by atoms with Crippen molar-refractivity contribution in [1.29, 1.82) is 0 Å². The van der Waals surface area contributed by atoms with Gasteiger partial charge in [0.25, 0.3) is 0 Å². The fourth-order valence-electron chi connectivity index (χ4n) is 2.98. The smallest absolute Gasteiger partial charge is 0.410 e. The van der Waals surface area contributed by atoms with Crippen molar-refractivity contribution in [2.24, 2.45) is 0 Å². The molecule has 0 spiro atoms. The van der Waals surface area contributed by atoms with Crippen LogP contribution in [0.25, 0.3) is 10.9 Å². The van der Waals surface area contributed by atoms with Crippen molar-refractivity contribution in [3.63, 3.8) is 0 Å². The lowest BCUT2D eigenvalue weighted by molar-refractivity contribution is 0.0292. The van der Waals surface area contributed by atoms with E-state index in [0.29, 0.717) is 30.7 Å². The van der Waals surface area contributed by atoms with E-state index < -0.39 is 11.4 Å². The summed E-state index contributed by atoms with van der Waals surface area (Å²) in [5, 5.41) is 0.0369. The molecule has 1 aliphatic heterocycles. The Bertz CT molecular complexity index is 890. The number of carbonyl (C=O) groups excluding carboxylic acids is 1. The number of amides is 1. The fourth-order valence-corrected chi connectivity index (χ4v) is 3.29. The minimum absolute atomic E-state index is 0.0128. The summed E-state index contributed by atoms with van der Waals surface area (Å²) < 4.78 is 19.7. The lowest BCUT2D eigenvalue weighted by atomic mass is 10.2. The van der Waals surface area contributed by atoms with E-state index in [-0.39, 0.29) is 28.1 Å². The predicted molar refractivity (Wildman–Crippen MR) is 102 cm³/mol. The second kappa shape index (κ2) is 7.24. The summed E-state index contributed by atoms with van der Waals surface area (Å²) >= 11 is 11.7. The molecule has 1 fully saturated rings. The molecular formula is C17H20Cl2FN5O2. The molecule has 1 aliphatic rings. The van der Waals surface area contributed by atoms with Crippen LogP contribution in [0.4, 0.5) is 15.0 Å². The molecule has 0 aromatic carbocycles. The first-order valence-corrected chi connectivity index (χ1v) is 9.20. The van der Waals surface area contributed by atoms with Crippen LogP contribution in [0.15, 0.2) is 6.20 Å². The van der Waals surface area contributed by atoms with Crippen molar-refractivity contribution < 1.29 is 13.9 Å². The maximum atomic E-state index is 14.3. The van der Waals surface area contributed by atoms with E-state index >= 15 is 0 Å². The lowest BCUT2D eigenvalue weighted by Crippen LogP contribution is -2.39. The van der Waals surface area contributed by atoms with E-state index in [4.69, 9.17) is 27.9 Å². The number of anilines is 1. The summed E-state index contributed by atoms with van der Waals surface area (Å²) in [5.41, 5.74) is -0.543. The molecule has 10 heteroatoms. The van der Waals surface area contributed by atoms with Crippen molar-refractivity contribution in [3.8, 4) is 0 Å². The summed E-state index contributed by atoms with van der Waals surface area (Å²) in [5.74, 6) is -0.306. The quantitative estimate of drug-likeness (QED) is 0.546. The van der Waals surface area contributed by atoms with Crippen LogP contribution in [0.3, 0.4) is 0 Å². The van der Waals surface area contributed by atoms with E-state index in [1.54, 1.807) is 4.90 Å². The van der Waals surface area contributed by atoms with Crippen LogP contribution in [0, 0.1) is 5.82 Å². The number of likely N-dealkylation sites (N-methyl/N-ethyl adjacent to an activating group) is 1. The number of hydrogen-bond donors (Lipinski definition) is 0. The summed E-state index contributed by atoms with van der Waals surface area (Å²) in [6.07, 6.45) is 1.77. The molecule has 146 valence electrons. The van der Waals surface area contributed by atoms with Crippen molar-refractivity contribution in [3.05, 3.63) is 22.5 Å². The zero-order valence-electron chi connectivity index (χ0n) is 15.5. The fraction of sp³-hybridized carbons (Fsp3) is 0.529. The average molecular weight is 416 g/mol. The van der Waals surface area contributed by atoms with Gasteiger partial charge in [-0.2, -0.15) is 4.98 Å². The lowest BCUT2D eigenvalue weighted by Gasteiger charge is -2.28. The number of hydrogen-bond acceptors (Lipinski definition) is 6. The second-order valence-corrected chi connectivity index (χ2v) is 8.12. The number of fused-ring (bicyclic) bond motifs is 1. The number of halogens is 3. The third-order valence-electron chi connectivity index (χ3n) is 4.29. The zero-order chi connectivity index (χ0) is 19.9. The van der Waals surface area contributed by atoms with Crippen molar-refractivity contribution in [1.82, 2.24) is 19.9 Å². The molecular weight excluding hydrogens is 396 g/mol. The van der Waals surface area contributed by atoms with Crippen LogP contribution in [0.2, 0.25) is 10.4 Å². The molecule has 2 aromatic rings. The van der Waals surface area contributed by atoms with Gasteiger partial charge in [-0.3, -0.25) is 0 Å². The standard InChI is InChI=1S/C17H20Cl2FN5O2/c1-17(2,3)27-16(26)25-6-5-9(8-25)24(4)14-10-7-21-13(18)11(20)12(10)22-15(19)23-14/h7,9H,5-6,8H2,1-4H3. The average Bonchev–Trinajstić information content (AvgIpc) is 3.06. The van der Waals surface area contributed by atoms with Crippen LogP contribution in [0.1, 0.15) is 27.2 Å². The largest absolute Gasteiger partial charge is 0.444 e. The van der Waals surface area contributed by atoms with E-state index in [1.807, 2.05) is 32.7 Å². The van der Waals surface area contributed by atoms with Gasteiger partial charge in [0.2, 0.25) is 5.28 Å². The molecule has 0 N–H and O–H groups in total. The first kappa shape index (κ1) is 19.8. The van der Waals surface area contributed by atoms with Crippen LogP contribution < -0.4 is 4.90 Å². The number of rotatable bonds is 2. The van der Waals surface area contributed by atoms with Crippen LogP contribution in [-0.2, 0) is 4.74 Å². The summed E-state index contributed by atoms with van der Waals surface area (Å²) in [6.45, 7) is 6.49. The number of nitrogens with zero attached hydrogens (tertiary/aromatic N) is 5. The van der Waals surface area contributed by atoms with Crippen LogP contribution >= 0.6 is 23.2 Å². The highest BCUT2D eigenvalue weighted by Gasteiger charge is 2.33. The number of likely N-dealkylation sites (tertiary alicyclic amines) is 1. The first-order chi connectivity index (χ1) is 12.6. The van der Waals surface area contributed by atoms with Crippen LogP contribution in [-0.4, -0.2) is 57.7 Å². The Labute approximate surface area is 166 Å². The minimum Gasteiger partial charge on any atom is -0.444 e. The normalized spacial score (nSPS) is 17.4. The Balaban J connectivity index is 1.86. The van der Waals surface area contributed by atoms with Gasteiger partial charge in [-0.25, -0.2) is 19.2 Å². The van der Waals surface area contributed by atoms with Gasteiger partial charge in [-0.05, 0) is 38.8 Å². The highest BCUT2D eigenvalue weighted by Crippen LogP contribution is 2.31. The van der Waals surface area contributed by atoms with Crippen molar-refractivity contribution >= 4 is 46.0 Å². The van der Waals surface area contributed by atoms with Gasteiger partial charge in [0.1, 0.15) is 16.9 Å². The SMILES string of the molecule is CN(c1nc(Cl)nc2c(F)c(Cl)ncc12)C1CCN(C(=O)OC(C)(C)C)C1. The topological polar surface area (TPSA) is 71.5 Å². The second-order valence-electron chi connectivity index (χ2n) is 7.42. The molecule has 0 aliphatic carbocycles. The molecule has 0 radical (unpaired) electrons. The van der Waals surface area contributed by atoms with E-state index in [1.165, 1.54) is 6.20 Å². The van der Waals surface area contributed by atoms with Gasteiger partial charge < -0.3 is 14.5 Å². The van der Waals surface area contributed by atoms with Crippen molar-refractivity contribution in [2.75, 3.05) is 25.0 Å². The Kier molecular flexibility index (Phi) is 5.31. The highest BCUT2D eigenvalue weighted by atomic mass is 35.5. The molecule has 1 amide bonds. The number of ether oxygens (including phenoxy) is 1.